The van der Waals surface area contributed by atoms with Crippen molar-refractivity contribution in [1.29, 1.82) is 0 Å². The number of hydrogen-bond donors (Lipinski definition) is 0. The average Bonchev–Trinajstić information content (AvgIpc) is 2.92. The van der Waals surface area contributed by atoms with Gasteiger partial charge in [0.25, 0.3) is 0 Å². The van der Waals surface area contributed by atoms with E-state index in [0.29, 0.717) is 16.8 Å². The van der Waals surface area contributed by atoms with Crippen LogP contribution < -0.4 is 10.6 Å². The van der Waals surface area contributed by atoms with Crippen molar-refractivity contribution in [2.24, 2.45) is 0 Å². The van der Waals surface area contributed by atoms with E-state index in [1.807, 2.05) is 0 Å². The number of esters is 1. The Balaban J connectivity index is 1.97. The first-order valence-electron chi connectivity index (χ1n) is 7.84. The quantitative estimate of drug-likeness (QED) is 0.643. The standard InChI is InChI=1S/C18H15FN2O4S/c1-2-25-16(22)13-4-3-5-15(10-13)21-17(23)20(18(24)26-21)11-12-6-8-14(19)9-7-12/h3-10H,2,11H2,1H3. The number of carbonyl (C=O) groups is 1. The van der Waals surface area contributed by atoms with Gasteiger partial charge in [-0.2, -0.15) is 0 Å². The van der Waals surface area contributed by atoms with Gasteiger partial charge in [0.1, 0.15) is 5.82 Å². The molecule has 0 unspecified atom stereocenters. The summed E-state index contributed by atoms with van der Waals surface area (Å²) in [5, 5.41) is 0. The molecule has 0 aliphatic carbocycles. The Bertz CT molecular complexity index is 1050. The van der Waals surface area contributed by atoms with Gasteiger partial charge in [-0.05, 0) is 42.8 Å². The van der Waals surface area contributed by atoms with E-state index in [1.54, 1.807) is 25.1 Å². The minimum absolute atomic E-state index is 0.0407. The zero-order valence-corrected chi connectivity index (χ0v) is 14.7. The number of hydrogen-bond acceptors (Lipinski definition) is 5. The Kier molecular flexibility index (Phi) is 5.13. The van der Waals surface area contributed by atoms with Gasteiger partial charge < -0.3 is 4.74 Å². The molecule has 3 aromatic rings. The van der Waals surface area contributed by atoms with Gasteiger partial charge in [-0.1, -0.05) is 18.2 Å². The van der Waals surface area contributed by atoms with Crippen molar-refractivity contribution in [2.75, 3.05) is 6.61 Å². The highest BCUT2D eigenvalue weighted by atomic mass is 32.1. The van der Waals surface area contributed by atoms with Crippen LogP contribution in [-0.4, -0.2) is 21.1 Å². The van der Waals surface area contributed by atoms with E-state index in [2.05, 4.69) is 0 Å². The van der Waals surface area contributed by atoms with Crippen molar-refractivity contribution in [3.8, 4) is 5.69 Å². The molecule has 0 saturated heterocycles. The molecule has 2 aromatic carbocycles. The fourth-order valence-electron chi connectivity index (χ4n) is 2.40. The monoisotopic (exact) mass is 374 g/mol. The molecular formula is C18H15FN2O4S. The number of aromatic nitrogens is 2. The van der Waals surface area contributed by atoms with E-state index in [9.17, 15) is 18.8 Å². The van der Waals surface area contributed by atoms with Gasteiger partial charge in [0.15, 0.2) is 0 Å². The average molecular weight is 374 g/mol. The normalized spacial score (nSPS) is 10.7. The molecule has 0 bridgehead atoms. The highest BCUT2D eigenvalue weighted by molar-refractivity contribution is 7.03. The Labute approximate surface area is 151 Å². The van der Waals surface area contributed by atoms with Gasteiger partial charge in [0, 0.05) is 11.5 Å². The Morgan fingerprint density at radius 3 is 2.58 bits per heavy atom. The van der Waals surface area contributed by atoms with Crippen LogP contribution in [0, 0.1) is 5.82 Å². The molecule has 0 radical (unpaired) electrons. The molecule has 0 amide bonds. The maximum atomic E-state index is 13.0. The van der Waals surface area contributed by atoms with Crippen LogP contribution in [0.1, 0.15) is 22.8 Å². The zero-order valence-electron chi connectivity index (χ0n) is 13.8. The number of carbonyl (C=O) groups excluding carboxylic acids is 1. The second kappa shape index (κ2) is 7.49. The minimum atomic E-state index is -0.523. The van der Waals surface area contributed by atoms with Crippen LogP contribution >= 0.6 is 11.5 Å². The molecule has 0 fully saturated rings. The lowest BCUT2D eigenvalue weighted by Crippen LogP contribution is -2.28. The fourth-order valence-corrected chi connectivity index (χ4v) is 3.19. The van der Waals surface area contributed by atoms with Gasteiger partial charge in [-0.3, -0.25) is 4.79 Å². The fraction of sp³-hybridized carbons (Fsp3) is 0.167. The molecule has 0 aliphatic heterocycles. The Hall–Kier alpha value is -3.00. The number of benzene rings is 2. The lowest BCUT2D eigenvalue weighted by Gasteiger charge is -2.04. The highest BCUT2D eigenvalue weighted by Crippen LogP contribution is 2.12. The van der Waals surface area contributed by atoms with Crippen molar-refractivity contribution in [3.63, 3.8) is 0 Å². The summed E-state index contributed by atoms with van der Waals surface area (Å²) in [6, 6.07) is 11.9. The highest BCUT2D eigenvalue weighted by Gasteiger charge is 2.14. The van der Waals surface area contributed by atoms with E-state index >= 15 is 0 Å². The van der Waals surface area contributed by atoms with E-state index < -0.39 is 16.5 Å². The molecule has 0 spiro atoms. The number of ether oxygens (including phenoxy) is 1. The molecule has 134 valence electrons. The lowest BCUT2D eigenvalue weighted by molar-refractivity contribution is 0.0526. The number of halogens is 1. The largest absolute Gasteiger partial charge is 0.462 e. The summed E-state index contributed by atoms with van der Waals surface area (Å²) >= 11 is 0.736. The maximum Gasteiger partial charge on any atom is 0.346 e. The van der Waals surface area contributed by atoms with Gasteiger partial charge in [-0.15, -0.1) is 0 Å². The molecule has 1 heterocycles. The SMILES string of the molecule is CCOC(=O)c1cccc(-n2sc(=O)n(Cc3ccc(F)cc3)c2=O)c1. The molecule has 3 rings (SSSR count). The van der Waals surface area contributed by atoms with Crippen LogP contribution in [0.3, 0.4) is 0 Å². The number of rotatable bonds is 5. The van der Waals surface area contributed by atoms with E-state index in [4.69, 9.17) is 4.74 Å². The van der Waals surface area contributed by atoms with Crippen molar-refractivity contribution < 1.29 is 13.9 Å². The molecule has 0 N–H and O–H groups in total. The first-order chi connectivity index (χ1) is 12.5. The molecule has 0 atom stereocenters. The summed E-state index contributed by atoms with van der Waals surface area (Å²) in [5.41, 5.74) is 0.809. The molecule has 0 saturated carbocycles. The minimum Gasteiger partial charge on any atom is -0.462 e. The smallest absolute Gasteiger partial charge is 0.346 e. The Morgan fingerprint density at radius 1 is 1.15 bits per heavy atom. The third-order valence-electron chi connectivity index (χ3n) is 3.64. The van der Waals surface area contributed by atoms with Crippen molar-refractivity contribution in [3.05, 3.63) is 85.6 Å². The Morgan fingerprint density at radius 2 is 1.88 bits per heavy atom. The summed E-state index contributed by atoms with van der Waals surface area (Å²) in [6.07, 6.45) is 0. The summed E-state index contributed by atoms with van der Waals surface area (Å²) < 4.78 is 20.2. The van der Waals surface area contributed by atoms with Crippen LogP contribution in [0.5, 0.6) is 0 Å². The molecule has 26 heavy (non-hydrogen) atoms. The molecular weight excluding hydrogens is 359 g/mol. The summed E-state index contributed by atoms with van der Waals surface area (Å²) in [4.78, 5) is 36.2. The zero-order chi connectivity index (χ0) is 18.7. The predicted octanol–water partition coefficient (Wildman–Crippen LogP) is 2.42. The van der Waals surface area contributed by atoms with Crippen molar-refractivity contribution >= 4 is 17.5 Å². The van der Waals surface area contributed by atoms with Crippen molar-refractivity contribution in [2.45, 2.75) is 13.5 Å². The van der Waals surface area contributed by atoms with Gasteiger partial charge in [0.05, 0.1) is 24.4 Å². The van der Waals surface area contributed by atoms with Crippen LogP contribution in [0.25, 0.3) is 5.69 Å². The van der Waals surface area contributed by atoms with Gasteiger partial charge >= 0.3 is 16.5 Å². The summed E-state index contributed by atoms with van der Waals surface area (Å²) in [5.74, 6) is -0.889. The third kappa shape index (κ3) is 3.65. The van der Waals surface area contributed by atoms with Crippen LogP contribution in [0.2, 0.25) is 0 Å². The topological polar surface area (TPSA) is 70.3 Å². The molecule has 8 heteroatoms. The first kappa shape index (κ1) is 17.8. The molecule has 6 nitrogen and oxygen atoms in total. The second-order valence-electron chi connectivity index (χ2n) is 5.42. The first-order valence-corrected chi connectivity index (χ1v) is 8.62. The van der Waals surface area contributed by atoms with Crippen LogP contribution in [-0.2, 0) is 11.3 Å². The maximum absolute atomic E-state index is 13.0. The second-order valence-corrected chi connectivity index (χ2v) is 6.31. The molecule has 0 aliphatic rings. The number of nitrogens with zero attached hydrogens (tertiary/aromatic N) is 2. The molecule has 1 aromatic heterocycles. The van der Waals surface area contributed by atoms with E-state index in [0.717, 1.165) is 16.1 Å². The predicted molar refractivity (Wildman–Crippen MR) is 95.6 cm³/mol. The summed E-state index contributed by atoms with van der Waals surface area (Å²) in [6.45, 7) is 1.98. The van der Waals surface area contributed by atoms with Crippen LogP contribution in [0.15, 0.2) is 58.1 Å². The van der Waals surface area contributed by atoms with Gasteiger partial charge in [-0.25, -0.2) is 22.5 Å². The van der Waals surface area contributed by atoms with Gasteiger partial charge in [0.2, 0.25) is 0 Å². The van der Waals surface area contributed by atoms with E-state index in [1.165, 1.54) is 34.3 Å². The lowest BCUT2D eigenvalue weighted by atomic mass is 10.2. The van der Waals surface area contributed by atoms with Crippen molar-refractivity contribution in [1.82, 2.24) is 8.52 Å². The van der Waals surface area contributed by atoms with Crippen LogP contribution in [0.4, 0.5) is 4.39 Å². The van der Waals surface area contributed by atoms with E-state index in [-0.39, 0.29) is 19.0 Å². The third-order valence-corrected chi connectivity index (χ3v) is 4.57. The summed E-state index contributed by atoms with van der Waals surface area (Å²) in [7, 11) is 0.